The molecule has 16 heteroatoms. The normalized spacial score (nSPS) is 15.5. The molecule has 0 aromatic heterocycles. The first kappa shape index (κ1) is 60.5. The summed E-state index contributed by atoms with van der Waals surface area (Å²) >= 11 is 0. The molecule has 0 aliphatic carbocycles. The summed E-state index contributed by atoms with van der Waals surface area (Å²) < 4.78 is 47.7. The number of esters is 2. The lowest BCUT2D eigenvalue weighted by Gasteiger charge is -2.20. The van der Waals surface area contributed by atoms with Crippen molar-refractivity contribution in [2.75, 3.05) is 26.4 Å². The number of unbranched alkanes of at least 4 members (excludes halogenated alkanes) is 4. The van der Waals surface area contributed by atoms with E-state index >= 15 is 0 Å². The van der Waals surface area contributed by atoms with E-state index in [9.17, 15) is 33.8 Å². The molecule has 0 saturated carbocycles. The lowest BCUT2D eigenvalue weighted by molar-refractivity contribution is -0.161. The van der Waals surface area contributed by atoms with Gasteiger partial charge in [0.05, 0.1) is 25.9 Å². The maximum Gasteiger partial charge on any atom is 0.472 e. The monoisotopic (exact) mass is 938 g/mol. The van der Waals surface area contributed by atoms with Crippen molar-refractivity contribution in [3.05, 3.63) is 122 Å². The molecule has 0 aromatic carbocycles. The highest BCUT2D eigenvalue weighted by Gasteiger charge is 2.28. The molecular weight excluding hydrogens is 862 g/mol. The van der Waals surface area contributed by atoms with Crippen molar-refractivity contribution in [2.24, 2.45) is 0 Å². The van der Waals surface area contributed by atoms with Gasteiger partial charge < -0.3 is 34.4 Å². The molecule has 0 saturated heterocycles. The second-order valence-corrected chi connectivity index (χ2v) is 17.1. The third-order valence-corrected chi connectivity index (χ3v) is 9.85. The summed E-state index contributed by atoms with van der Waals surface area (Å²) in [4.78, 5) is 52.7. The zero-order chi connectivity index (χ0) is 47.4. The molecule has 0 bridgehead atoms. The number of hydrogen-bond acceptors (Lipinski definition) is 11. The first-order valence-electron chi connectivity index (χ1n) is 22.3. The van der Waals surface area contributed by atoms with Gasteiger partial charge in [-0.15, -0.1) is 0 Å². The van der Waals surface area contributed by atoms with Crippen LogP contribution in [0.2, 0.25) is 0 Å². The Morgan fingerprint density at radius 2 is 1.00 bits per heavy atom. The summed E-state index contributed by atoms with van der Waals surface area (Å²) in [6, 6.07) is 0. The van der Waals surface area contributed by atoms with Crippen molar-refractivity contribution in [3.63, 3.8) is 0 Å². The van der Waals surface area contributed by atoms with Gasteiger partial charge in [0, 0.05) is 12.8 Å². The number of allylic oxidation sites excluding steroid dienone is 18. The Labute approximate surface area is 382 Å². The summed E-state index contributed by atoms with van der Waals surface area (Å²) in [5.41, 5.74) is 0. The molecule has 14 nitrogen and oxygen atoms in total. The van der Waals surface area contributed by atoms with Crippen LogP contribution < -0.4 is 0 Å². The highest BCUT2D eigenvalue weighted by Crippen LogP contribution is 2.43. The number of rotatable bonds is 40. The number of ether oxygens (including phenoxy) is 2. The van der Waals surface area contributed by atoms with E-state index in [0.29, 0.717) is 25.7 Å². The number of carbonyl (C=O) groups is 2. The Morgan fingerprint density at radius 1 is 0.516 bits per heavy atom. The van der Waals surface area contributed by atoms with Gasteiger partial charge in [0.1, 0.15) is 12.7 Å². The number of aliphatic hydroxyl groups is 2. The van der Waals surface area contributed by atoms with Crippen molar-refractivity contribution >= 4 is 27.6 Å². The van der Waals surface area contributed by atoms with Crippen LogP contribution in [-0.2, 0) is 41.8 Å². The standard InChI is InChI=1S/C48H76O14P2/c1-3-5-7-8-9-10-11-12-13-14-15-16-17-18-22-25-28-31-34-38-47(51)58-42-46(43-61-64(56,57)60-41-45(50)40-59-63(53,54)55)62-48(52)39-35-32-29-26-23-20-19-21-24-27-30-33-37-44(49)36-6-4-2/h5-7,9-10,12-13,15-16,18-20,22,24,26-27,29-30,33,36,44-46,49-50H,3-4,8,11,14,17,21,23,25,28,31-32,34-35,37-43H2,1-2H3,(H,56,57)(H2,53,54,55)/b7-5-,10-9-,13-12-,16-15-,20-19-,22-18-,27-24-,29-26-,33-30+,36-6-/t44?,45-,46+/m0/s1. The lowest BCUT2D eigenvalue weighted by atomic mass is 10.1. The highest BCUT2D eigenvalue weighted by molar-refractivity contribution is 7.47. The Balaban J connectivity index is 4.71. The van der Waals surface area contributed by atoms with Crippen LogP contribution in [0.3, 0.4) is 0 Å². The van der Waals surface area contributed by atoms with Crippen LogP contribution in [0.1, 0.15) is 123 Å². The van der Waals surface area contributed by atoms with Gasteiger partial charge in [0.2, 0.25) is 0 Å². The number of aliphatic hydroxyl groups excluding tert-OH is 2. The van der Waals surface area contributed by atoms with Crippen LogP contribution >= 0.6 is 15.6 Å². The quantitative estimate of drug-likeness (QED) is 0.0127. The molecular formula is C48H76O14P2. The minimum absolute atomic E-state index is 0.0196. The highest BCUT2D eigenvalue weighted by atomic mass is 31.2. The lowest BCUT2D eigenvalue weighted by Crippen LogP contribution is -2.29. The molecule has 0 aliphatic rings. The summed E-state index contributed by atoms with van der Waals surface area (Å²) in [7, 11) is -9.74. The van der Waals surface area contributed by atoms with E-state index in [-0.39, 0.29) is 12.8 Å². The molecule has 4 atom stereocenters. The van der Waals surface area contributed by atoms with E-state index in [1.54, 1.807) is 6.08 Å². The van der Waals surface area contributed by atoms with Crippen molar-refractivity contribution in [2.45, 2.75) is 141 Å². The summed E-state index contributed by atoms with van der Waals surface area (Å²) in [6.45, 7) is 1.27. The van der Waals surface area contributed by atoms with Crippen molar-refractivity contribution in [3.8, 4) is 0 Å². The third-order valence-electron chi connectivity index (χ3n) is 8.41. The van der Waals surface area contributed by atoms with Gasteiger partial charge in [0.25, 0.3) is 0 Å². The van der Waals surface area contributed by atoms with E-state index in [0.717, 1.165) is 70.6 Å². The smallest absolute Gasteiger partial charge is 0.462 e. The van der Waals surface area contributed by atoms with Crippen LogP contribution in [0.5, 0.6) is 0 Å². The molecule has 0 fully saturated rings. The molecule has 0 spiro atoms. The fraction of sp³-hybridized carbons (Fsp3) is 0.542. The summed E-state index contributed by atoms with van der Waals surface area (Å²) in [5, 5.41) is 19.5. The Bertz CT molecular complexity index is 1600. The Hall–Kier alpha value is -3.52. The zero-order valence-electron chi connectivity index (χ0n) is 37.9. The average Bonchev–Trinajstić information content (AvgIpc) is 3.25. The average molecular weight is 939 g/mol. The molecule has 5 N–H and O–H groups in total. The Morgan fingerprint density at radius 3 is 1.58 bits per heavy atom. The van der Waals surface area contributed by atoms with Crippen LogP contribution in [-0.4, -0.2) is 81.6 Å². The molecule has 362 valence electrons. The van der Waals surface area contributed by atoms with Crippen molar-refractivity contribution in [1.82, 2.24) is 0 Å². The molecule has 0 aromatic rings. The van der Waals surface area contributed by atoms with E-state index in [2.05, 4.69) is 76.7 Å². The molecule has 64 heavy (non-hydrogen) atoms. The van der Waals surface area contributed by atoms with E-state index in [1.807, 2.05) is 61.6 Å². The van der Waals surface area contributed by atoms with Crippen molar-refractivity contribution < 1.29 is 66.7 Å². The van der Waals surface area contributed by atoms with Crippen molar-refractivity contribution in [1.29, 1.82) is 0 Å². The molecule has 0 aliphatic heterocycles. The first-order chi connectivity index (χ1) is 30.8. The molecule has 0 heterocycles. The maximum atomic E-state index is 12.7. The van der Waals surface area contributed by atoms with Gasteiger partial charge in [-0.2, -0.15) is 0 Å². The van der Waals surface area contributed by atoms with E-state index < -0.39 is 72.3 Å². The number of phosphoric ester groups is 2. The van der Waals surface area contributed by atoms with Gasteiger partial charge in [-0.05, 0) is 89.9 Å². The van der Waals surface area contributed by atoms with Gasteiger partial charge in [0.15, 0.2) is 6.10 Å². The predicted molar refractivity (Wildman–Crippen MR) is 254 cm³/mol. The van der Waals surface area contributed by atoms with Crippen LogP contribution in [0.15, 0.2) is 122 Å². The predicted octanol–water partition coefficient (Wildman–Crippen LogP) is 10.6. The number of phosphoric acid groups is 2. The van der Waals surface area contributed by atoms with Crippen LogP contribution in [0.25, 0.3) is 0 Å². The van der Waals surface area contributed by atoms with Crippen LogP contribution in [0.4, 0.5) is 0 Å². The van der Waals surface area contributed by atoms with E-state index in [1.165, 1.54) is 0 Å². The summed E-state index contributed by atoms with van der Waals surface area (Å²) in [5.74, 6) is -1.18. The topological polar surface area (TPSA) is 216 Å². The minimum Gasteiger partial charge on any atom is -0.462 e. The molecule has 0 rings (SSSR count). The zero-order valence-corrected chi connectivity index (χ0v) is 39.7. The fourth-order valence-corrected chi connectivity index (χ4v) is 6.23. The van der Waals surface area contributed by atoms with E-state index in [4.69, 9.17) is 23.8 Å². The van der Waals surface area contributed by atoms with Gasteiger partial charge in [-0.1, -0.05) is 142 Å². The van der Waals surface area contributed by atoms with Gasteiger partial charge in [-0.25, -0.2) is 9.13 Å². The Kier molecular flexibility index (Phi) is 39.8. The maximum absolute atomic E-state index is 12.7. The first-order valence-corrected chi connectivity index (χ1v) is 25.4. The second kappa shape index (κ2) is 42.1. The van der Waals surface area contributed by atoms with Gasteiger partial charge >= 0.3 is 27.6 Å². The third kappa shape index (κ3) is 45.1. The molecule has 2 unspecified atom stereocenters. The van der Waals surface area contributed by atoms with Gasteiger partial charge in [-0.3, -0.25) is 23.2 Å². The fourth-order valence-electron chi connectivity index (χ4n) is 5.08. The largest absolute Gasteiger partial charge is 0.472 e. The molecule has 0 radical (unpaired) electrons. The molecule has 0 amide bonds. The second-order valence-electron chi connectivity index (χ2n) is 14.4. The number of carbonyl (C=O) groups excluding carboxylic acids is 2. The van der Waals surface area contributed by atoms with Crippen LogP contribution in [0, 0.1) is 0 Å². The SMILES string of the molecule is CC/C=C\C/C=C\C/C=C\C/C=C\C/C=C\CCCCCC(=O)OC[C@H](COP(=O)(O)OC[C@@H](O)COP(=O)(O)O)OC(=O)CCC/C=C\C/C=C\C/C=C\C=C\CC(O)/C=C\CC. The minimum atomic E-state index is -4.89. The summed E-state index contributed by atoms with van der Waals surface area (Å²) in [6.07, 6.45) is 49.6. The number of hydrogen-bond donors (Lipinski definition) is 5.